The molecular weight excluding hydrogens is 329 g/mol. The third kappa shape index (κ3) is 4.46. The number of hydrogen-bond acceptors (Lipinski definition) is 3. The molecule has 0 aliphatic carbocycles. The van der Waals surface area contributed by atoms with Crippen molar-refractivity contribution in [1.82, 2.24) is 10.6 Å². The largest absolute Gasteiger partial charge is 0.480 e. The van der Waals surface area contributed by atoms with Crippen LogP contribution in [-0.4, -0.2) is 35.0 Å². The van der Waals surface area contributed by atoms with Crippen LogP contribution in [0.5, 0.6) is 0 Å². The second-order valence-corrected chi connectivity index (χ2v) is 5.46. The number of aliphatic carboxylic acids is 1. The molecule has 9 heteroatoms. The highest BCUT2D eigenvalue weighted by Crippen LogP contribution is 2.29. The number of carboxylic acid groups (broad SMARTS) is 1. The minimum Gasteiger partial charge on any atom is -0.480 e. The molecule has 1 saturated heterocycles. The number of halogens is 3. The van der Waals surface area contributed by atoms with E-state index in [1.54, 1.807) is 0 Å². The van der Waals surface area contributed by atoms with Crippen LogP contribution in [0.15, 0.2) is 24.3 Å². The summed E-state index contributed by atoms with van der Waals surface area (Å²) in [5, 5.41) is 13.9. The molecule has 0 spiro atoms. The monoisotopic (exact) mass is 344 g/mol. The summed E-state index contributed by atoms with van der Waals surface area (Å²) < 4.78 is 37.5. The average molecular weight is 344 g/mol. The Bertz CT molecular complexity index is 643. The van der Waals surface area contributed by atoms with Gasteiger partial charge in [-0.2, -0.15) is 13.2 Å². The van der Waals surface area contributed by atoms with Crippen LogP contribution in [0.2, 0.25) is 0 Å². The number of alkyl halides is 3. The molecule has 130 valence electrons. The fourth-order valence-electron chi connectivity index (χ4n) is 2.35. The lowest BCUT2D eigenvalue weighted by Crippen LogP contribution is -2.49. The molecule has 1 fully saturated rings. The highest BCUT2D eigenvalue weighted by Gasteiger charge is 2.32. The van der Waals surface area contributed by atoms with Crippen LogP contribution in [0.1, 0.15) is 24.0 Å². The lowest BCUT2D eigenvalue weighted by atomic mass is 10.0. The minimum atomic E-state index is -4.47. The molecule has 1 aliphatic heterocycles. The van der Waals surface area contributed by atoms with Gasteiger partial charge < -0.3 is 15.7 Å². The van der Waals surface area contributed by atoms with Crippen LogP contribution in [0.4, 0.5) is 13.2 Å². The smallest absolute Gasteiger partial charge is 0.416 e. The van der Waals surface area contributed by atoms with Crippen molar-refractivity contribution in [2.75, 3.05) is 0 Å². The van der Waals surface area contributed by atoms with Crippen molar-refractivity contribution < 1.29 is 32.7 Å². The zero-order chi connectivity index (χ0) is 17.9. The summed E-state index contributed by atoms with van der Waals surface area (Å²) in [5.41, 5.74) is -0.498. The summed E-state index contributed by atoms with van der Waals surface area (Å²) in [6.07, 6.45) is -4.18. The number of nitrogens with one attached hydrogen (secondary N) is 2. The Morgan fingerprint density at radius 2 is 1.92 bits per heavy atom. The van der Waals surface area contributed by atoms with E-state index in [1.807, 2.05) is 0 Å². The summed E-state index contributed by atoms with van der Waals surface area (Å²) in [7, 11) is 0. The van der Waals surface area contributed by atoms with Crippen molar-refractivity contribution >= 4 is 17.8 Å². The van der Waals surface area contributed by atoms with E-state index in [9.17, 15) is 32.7 Å². The molecule has 0 aromatic heterocycles. The summed E-state index contributed by atoms with van der Waals surface area (Å²) in [5.74, 6) is -2.22. The molecule has 1 aliphatic rings. The number of rotatable bonds is 5. The first-order valence-corrected chi connectivity index (χ1v) is 7.15. The van der Waals surface area contributed by atoms with E-state index >= 15 is 0 Å². The van der Waals surface area contributed by atoms with E-state index in [2.05, 4.69) is 10.6 Å². The van der Waals surface area contributed by atoms with Gasteiger partial charge in [-0.05, 0) is 24.1 Å². The Balaban J connectivity index is 2.02. The fourth-order valence-corrected chi connectivity index (χ4v) is 2.35. The van der Waals surface area contributed by atoms with Crippen molar-refractivity contribution in [2.24, 2.45) is 0 Å². The van der Waals surface area contributed by atoms with Crippen LogP contribution in [0, 0.1) is 0 Å². The SMILES string of the molecule is O=C1CC[C@H](C(=O)N[C@@H](Cc2ccc(C(F)(F)F)cc2)C(=O)O)N1. The van der Waals surface area contributed by atoms with Gasteiger partial charge in [-0.15, -0.1) is 0 Å². The van der Waals surface area contributed by atoms with Crippen LogP contribution >= 0.6 is 0 Å². The highest BCUT2D eigenvalue weighted by molar-refractivity contribution is 5.92. The number of carbonyl (C=O) groups excluding carboxylic acids is 2. The standard InChI is InChI=1S/C15H15F3N2O4/c16-15(17,18)9-3-1-8(2-4-9)7-11(14(23)24)20-13(22)10-5-6-12(21)19-10/h1-4,10-11H,5-7H2,(H,19,21)(H,20,22)(H,23,24)/t10-,11+/m1/s1. The lowest BCUT2D eigenvalue weighted by molar-refractivity contribution is -0.142. The Hall–Kier alpha value is -2.58. The minimum absolute atomic E-state index is 0.167. The van der Waals surface area contributed by atoms with Crippen molar-refractivity contribution in [2.45, 2.75) is 37.5 Å². The second kappa shape index (κ2) is 6.90. The predicted octanol–water partition coefficient (Wildman–Crippen LogP) is 1.10. The van der Waals surface area contributed by atoms with E-state index in [0.717, 1.165) is 12.1 Å². The number of carbonyl (C=O) groups is 3. The molecule has 2 atom stereocenters. The van der Waals surface area contributed by atoms with Gasteiger partial charge in [0.1, 0.15) is 12.1 Å². The zero-order valence-electron chi connectivity index (χ0n) is 12.4. The molecule has 0 unspecified atom stereocenters. The van der Waals surface area contributed by atoms with E-state index < -0.39 is 35.7 Å². The number of benzene rings is 1. The van der Waals surface area contributed by atoms with Gasteiger partial charge >= 0.3 is 12.1 Å². The predicted molar refractivity (Wildman–Crippen MR) is 75.9 cm³/mol. The van der Waals surface area contributed by atoms with E-state index in [0.29, 0.717) is 5.56 Å². The summed E-state index contributed by atoms with van der Waals surface area (Å²) in [6.45, 7) is 0. The molecule has 6 nitrogen and oxygen atoms in total. The number of hydrogen-bond donors (Lipinski definition) is 3. The number of amides is 2. The molecule has 3 N–H and O–H groups in total. The normalized spacial score (nSPS) is 18.8. The first-order valence-electron chi connectivity index (χ1n) is 7.15. The van der Waals surface area contributed by atoms with Gasteiger partial charge in [0.25, 0.3) is 0 Å². The molecule has 0 radical (unpaired) electrons. The van der Waals surface area contributed by atoms with Crippen LogP contribution in [0.25, 0.3) is 0 Å². The van der Waals surface area contributed by atoms with E-state index in [4.69, 9.17) is 0 Å². The topological polar surface area (TPSA) is 95.5 Å². The summed E-state index contributed by atoms with van der Waals surface area (Å²) in [6, 6.07) is 1.96. The van der Waals surface area contributed by atoms with Gasteiger partial charge in [-0.25, -0.2) is 4.79 Å². The first kappa shape index (κ1) is 17.8. The zero-order valence-corrected chi connectivity index (χ0v) is 12.4. The van der Waals surface area contributed by atoms with Gasteiger partial charge in [0.15, 0.2) is 0 Å². The molecule has 1 aromatic rings. The summed E-state index contributed by atoms with van der Waals surface area (Å²) >= 11 is 0. The lowest BCUT2D eigenvalue weighted by Gasteiger charge is -2.18. The van der Waals surface area contributed by atoms with Gasteiger partial charge in [-0.1, -0.05) is 12.1 Å². The fraction of sp³-hybridized carbons (Fsp3) is 0.400. The van der Waals surface area contributed by atoms with Gasteiger partial charge in [0.2, 0.25) is 11.8 Å². The molecule has 1 heterocycles. The first-order chi connectivity index (χ1) is 11.2. The van der Waals surface area contributed by atoms with E-state index in [-0.39, 0.29) is 25.2 Å². The van der Waals surface area contributed by atoms with Gasteiger partial charge in [0, 0.05) is 12.8 Å². The maximum Gasteiger partial charge on any atom is 0.416 e. The van der Waals surface area contributed by atoms with Crippen molar-refractivity contribution in [1.29, 1.82) is 0 Å². The molecular formula is C15H15F3N2O4. The molecule has 2 amide bonds. The van der Waals surface area contributed by atoms with Gasteiger partial charge in [0.05, 0.1) is 5.56 Å². The van der Waals surface area contributed by atoms with Crippen LogP contribution in [-0.2, 0) is 27.0 Å². The van der Waals surface area contributed by atoms with Crippen molar-refractivity contribution in [3.63, 3.8) is 0 Å². The summed E-state index contributed by atoms with van der Waals surface area (Å²) in [4.78, 5) is 34.3. The maximum absolute atomic E-state index is 12.5. The van der Waals surface area contributed by atoms with E-state index in [1.165, 1.54) is 12.1 Å². The van der Waals surface area contributed by atoms with Crippen molar-refractivity contribution in [3.8, 4) is 0 Å². The second-order valence-electron chi connectivity index (χ2n) is 5.46. The molecule has 24 heavy (non-hydrogen) atoms. The molecule has 1 aromatic carbocycles. The Morgan fingerprint density at radius 1 is 1.29 bits per heavy atom. The molecule has 0 saturated carbocycles. The van der Waals surface area contributed by atoms with Crippen molar-refractivity contribution in [3.05, 3.63) is 35.4 Å². The number of carboxylic acids is 1. The Labute approximate surface area is 135 Å². The van der Waals surface area contributed by atoms with Crippen LogP contribution in [0.3, 0.4) is 0 Å². The maximum atomic E-state index is 12.5. The highest BCUT2D eigenvalue weighted by atomic mass is 19.4. The quantitative estimate of drug-likeness (QED) is 0.745. The van der Waals surface area contributed by atoms with Crippen LogP contribution < -0.4 is 10.6 Å². The third-order valence-corrected chi connectivity index (χ3v) is 3.65. The Kier molecular flexibility index (Phi) is 5.10. The third-order valence-electron chi connectivity index (χ3n) is 3.65. The Morgan fingerprint density at radius 3 is 2.38 bits per heavy atom. The molecule has 0 bridgehead atoms. The molecule has 2 rings (SSSR count). The average Bonchev–Trinajstić information content (AvgIpc) is 2.92. The van der Waals surface area contributed by atoms with Gasteiger partial charge in [-0.3, -0.25) is 9.59 Å².